The Bertz CT molecular complexity index is 600. The van der Waals surface area contributed by atoms with E-state index in [1.54, 1.807) is 6.07 Å². The van der Waals surface area contributed by atoms with Gasteiger partial charge in [-0.05, 0) is 30.3 Å². The number of carbonyl (C=O) groups excluding carboxylic acids is 1. The van der Waals surface area contributed by atoms with Crippen molar-refractivity contribution < 1.29 is 18.3 Å². The molecule has 92 valence electrons. The molecule has 0 N–H and O–H groups in total. The molecule has 0 spiro atoms. The van der Waals surface area contributed by atoms with E-state index in [-0.39, 0.29) is 17.1 Å². The number of carbonyl (C=O) groups is 1. The molecule has 2 rings (SSSR count). The van der Waals surface area contributed by atoms with Gasteiger partial charge < -0.3 is 4.74 Å². The first kappa shape index (κ1) is 12.7. The molecule has 0 saturated heterocycles. The van der Waals surface area contributed by atoms with Crippen molar-refractivity contribution in [3.63, 3.8) is 0 Å². The van der Waals surface area contributed by atoms with Crippen molar-refractivity contribution in [1.29, 1.82) is 0 Å². The molecule has 0 aliphatic heterocycles. The van der Waals surface area contributed by atoms with Crippen molar-refractivity contribution in [3.8, 4) is 11.5 Å². The summed E-state index contributed by atoms with van der Waals surface area (Å²) < 4.78 is 32.4. The number of ether oxygens (including phenoxy) is 1. The number of hydrogen-bond acceptors (Lipinski definition) is 2. The van der Waals surface area contributed by atoms with Crippen LogP contribution in [0.1, 0.15) is 10.4 Å². The maximum atomic E-state index is 13.5. The number of benzene rings is 2. The lowest BCUT2D eigenvalue weighted by Crippen LogP contribution is -1.91. The molecule has 0 saturated carbocycles. The van der Waals surface area contributed by atoms with Crippen LogP contribution in [0.4, 0.5) is 8.78 Å². The second-order valence-corrected chi connectivity index (χ2v) is 4.43. The van der Waals surface area contributed by atoms with Gasteiger partial charge in [-0.15, -0.1) is 0 Å². The van der Waals surface area contributed by atoms with Gasteiger partial charge in [0.1, 0.15) is 17.9 Å². The fourth-order valence-electron chi connectivity index (χ4n) is 1.40. The van der Waals surface area contributed by atoms with Crippen LogP contribution in [0.5, 0.6) is 11.5 Å². The van der Waals surface area contributed by atoms with Gasteiger partial charge in [-0.1, -0.05) is 15.9 Å². The highest BCUT2D eigenvalue weighted by Gasteiger charge is 2.07. The maximum absolute atomic E-state index is 13.5. The van der Waals surface area contributed by atoms with E-state index in [0.29, 0.717) is 10.8 Å². The van der Waals surface area contributed by atoms with E-state index in [1.807, 2.05) is 0 Å². The average Bonchev–Trinajstić information content (AvgIpc) is 2.32. The first-order valence-corrected chi connectivity index (χ1v) is 5.76. The summed E-state index contributed by atoms with van der Waals surface area (Å²) in [7, 11) is 0. The lowest BCUT2D eigenvalue weighted by molar-refractivity contribution is 0.112. The van der Waals surface area contributed by atoms with Gasteiger partial charge in [0.2, 0.25) is 0 Å². The molecule has 0 radical (unpaired) electrons. The van der Waals surface area contributed by atoms with Gasteiger partial charge in [0.05, 0.1) is 0 Å². The number of hydrogen-bond donors (Lipinski definition) is 0. The molecule has 2 nitrogen and oxygen atoms in total. The van der Waals surface area contributed by atoms with Crippen LogP contribution in [0.15, 0.2) is 40.9 Å². The standard InChI is InChI=1S/C13H7BrF2O2/c14-9-1-2-13(12(16)5-9)18-11-4-8(7-17)3-10(15)6-11/h1-7H. The Hall–Kier alpha value is -1.75. The molecule has 0 fully saturated rings. The summed E-state index contributed by atoms with van der Waals surface area (Å²) in [5.41, 5.74) is 0.127. The Morgan fingerprint density at radius 3 is 2.56 bits per heavy atom. The van der Waals surface area contributed by atoms with Crippen molar-refractivity contribution in [1.82, 2.24) is 0 Å². The van der Waals surface area contributed by atoms with E-state index in [1.165, 1.54) is 18.2 Å². The third-order valence-electron chi connectivity index (χ3n) is 2.15. The summed E-state index contributed by atoms with van der Waals surface area (Å²) in [6, 6.07) is 7.71. The normalized spacial score (nSPS) is 10.2. The highest BCUT2D eigenvalue weighted by atomic mass is 79.9. The molecule has 0 aliphatic rings. The van der Waals surface area contributed by atoms with Crippen LogP contribution in [0.2, 0.25) is 0 Å². The Balaban J connectivity index is 2.33. The molecule has 0 unspecified atom stereocenters. The molecule has 5 heteroatoms. The second kappa shape index (κ2) is 5.27. The SMILES string of the molecule is O=Cc1cc(F)cc(Oc2ccc(Br)cc2F)c1. The molecule has 2 aromatic carbocycles. The summed E-state index contributed by atoms with van der Waals surface area (Å²) in [5, 5.41) is 0. The number of rotatable bonds is 3. The summed E-state index contributed by atoms with van der Waals surface area (Å²) in [6.07, 6.45) is 0.494. The molecule has 0 heterocycles. The fraction of sp³-hybridized carbons (Fsp3) is 0. The van der Waals surface area contributed by atoms with Crippen LogP contribution in [-0.2, 0) is 0 Å². The average molecular weight is 313 g/mol. The second-order valence-electron chi connectivity index (χ2n) is 3.51. The van der Waals surface area contributed by atoms with E-state index in [9.17, 15) is 13.6 Å². The van der Waals surface area contributed by atoms with Crippen molar-refractivity contribution >= 4 is 22.2 Å². The van der Waals surface area contributed by atoms with Gasteiger partial charge in [-0.2, -0.15) is 0 Å². The van der Waals surface area contributed by atoms with Gasteiger partial charge >= 0.3 is 0 Å². The first-order chi connectivity index (χ1) is 8.58. The Labute approximate surface area is 110 Å². The Kier molecular flexibility index (Phi) is 3.72. The minimum atomic E-state index is -0.618. The summed E-state index contributed by atoms with van der Waals surface area (Å²) in [5.74, 6) is -1.17. The summed E-state index contributed by atoms with van der Waals surface area (Å²) >= 11 is 3.11. The van der Waals surface area contributed by atoms with Crippen LogP contribution >= 0.6 is 15.9 Å². The zero-order valence-corrected chi connectivity index (χ0v) is 10.6. The maximum Gasteiger partial charge on any atom is 0.166 e. The van der Waals surface area contributed by atoms with Gasteiger partial charge in [0, 0.05) is 16.1 Å². The highest BCUT2D eigenvalue weighted by Crippen LogP contribution is 2.27. The number of aldehydes is 1. The van der Waals surface area contributed by atoms with E-state index >= 15 is 0 Å². The minimum absolute atomic E-state index is 0.0411. The third-order valence-corrected chi connectivity index (χ3v) is 2.64. The van der Waals surface area contributed by atoms with Crippen molar-refractivity contribution in [2.75, 3.05) is 0 Å². The largest absolute Gasteiger partial charge is 0.454 e. The molecule has 0 aliphatic carbocycles. The predicted molar refractivity (Wildman–Crippen MR) is 66.0 cm³/mol. The van der Waals surface area contributed by atoms with Gasteiger partial charge in [-0.25, -0.2) is 8.78 Å². The smallest absolute Gasteiger partial charge is 0.166 e. The quantitative estimate of drug-likeness (QED) is 0.788. The monoisotopic (exact) mass is 312 g/mol. The topological polar surface area (TPSA) is 26.3 Å². The Morgan fingerprint density at radius 1 is 1.11 bits per heavy atom. The van der Waals surface area contributed by atoms with Gasteiger partial charge in [0.15, 0.2) is 11.6 Å². The zero-order chi connectivity index (χ0) is 13.1. The van der Waals surface area contributed by atoms with Crippen LogP contribution < -0.4 is 4.74 Å². The van der Waals surface area contributed by atoms with Crippen LogP contribution in [0.3, 0.4) is 0 Å². The molecule has 0 amide bonds. The zero-order valence-electron chi connectivity index (χ0n) is 8.99. The predicted octanol–water partition coefficient (Wildman–Crippen LogP) is 4.33. The summed E-state index contributed by atoms with van der Waals surface area (Å²) in [6.45, 7) is 0. The van der Waals surface area contributed by atoms with Crippen LogP contribution in [0, 0.1) is 11.6 Å². The molecule has 2 aromatic rings. The highest BCUT2D eigenvalue weighted by molar-refractivity contribution is 9.10. The van der Waals surface area contributed by atoms with E-state index in [0.717, 1.165) is 12.1 Å². The number of halogens is 3. The molecular formula is C13H7BrF2O2. The Morgan fingerprint density at radius 2 is 1.89 bits per heavy atom. The lowest BCUT2D eigenvalue weighted by atomic mass is 10.2. The molecule has 18 heavy (non-hydrogen) atoms. The molecule has 0 aromatic heterocycles. The molecule has 0 bridgehead atoms. The molecule has 0 atom stereocenters. The third kappa shape index (κ3) is 2.92. The van der Waals surface area contributed by atoms with Crippen molar-refractivity contribution in [2.24, 2.45) is 0 Å². The van der Waals surface area contributed by atoms with Crippen molar-refractivity contribution in [3.05, 3.63) is 58.1 Å². The summed E-state index contributed by atoms with van der Waals surface area (Å²) in [4.78, 5) is 10.6. The van der Waals surface area contributed by atoms with Gasteiger partial charge in [-0.3, -0.25) is 4.79 Å². The van der Waals surface area contributed by atoms with Crippen LogP contribution in [0.25, 0.3) is 0 Å². The first-order valence-electron chi connectivity index (χ1n) is 4.97. The van der Waals surface area contributed by atoms with E-state index in [2.05, 4.69) is 15.9 Å². The van der Waals surface area contributed by atoms with E-state index in [4.69, 9.17) is 4.74 Å². The van der Waals surface area contributed by atoms with Gasteiger partial charge in [0.25, 0.3) is 0 Å². The minimum Gasteiger partial charge on any atom is -0.454 e. The molecular weight excluding hydrogens is 306 g/mol. The van der Waals surface area contributed by atoms with Crippen molar-refractivity contribution in [2.45, 2.75) is 0 Å². The van der Waals surface area contributed by atoms with E-state index < -0.39 is 11.6 Å². The fourth-order valence-corrected chi connectivity index (χ4v) is 1.73. The van der Waals surface area contributed by atoms with Crippen LogP contribution in [-0.4, -0.2) is 6.29 Å². The lowest BCUT2D eigenvalue weighted by Gasteiger charge is -2.07.